The van der Waals surface area contributed by atoms with Gasteiger partial charge < -0.3 is 0 Å². The van der Waals surface area contributed by atoms with Crippen molar-refractivity contribution >= 4 is 0 Å². The molecule has 0 amide bonds. The van der Waals surface area contributed by atoms with Crippen molar-refractivity contribution in [2.24, 2.45) is 58.2 Å². The van der Waals surface area contributed by atoms with Crippen molar-refractivity contribution in [3.8, 4) is 12.8 Å². The predicted octanol–water partition coefficient (Wildman–Crippen LogP) is 9.77. The van der Waals surface area contributed by atoms with Crippen LogP contribution in [-0.2, 0) is 0 Å². The van der Waals surface area contributed by atoms with Gasteiger partial charge in [-0.1, -0.05) is 73.6 Å². The molecule has 4 aliphatic rings. The van der Waals surface area contributed by atoms with E-state index in [1.54, 1.807) is 57.8 Å². The first-order chi connectivity index (χ1) is 15.3. The van der Waals surface area contributed by atoms with E-state index >= 15 is 0 Å². The minimum atomic E-state index is 0.668. The maximum atomic E-state index is 4.00. The Morgan fingerprint density at radius 2 is 1.50 bits per heavy atom. The van der Waals surface area contributed by atoms with Gasteiger partial charge in [0.1, 0.15) is 0 Å². The van der Waals surface area contributed by atoms with Crippen LogP contribution in [0.3, 0.4) is 0 Å². The van der Waals surface area contributed by atoms with Gasteiger partial charge in [-0.15, -0.1) is 12.8 Å². The number of rotatable bonds is 7. The fourth-order valence-electron chi connectivity index (χ4n) is 10.0. The summed E-state index contributed by atoms with van der Waals surface area (Å²) in [7, 11) is 0. The van der Waals surface area contributed by atoms with Gasteiger partial charge in [-0.05, 0) is 116 Å². The van der Waals surface area contributed by atoms with Gasteiger partial charge in [0, 0.05) is 0 Å². The molecule has 9 unspecified atom stereocenters. The third-order valence-electron chi connectivity index (χ3n) is 11.7. The molecule has 0 radical (unpaired) electrons. The van der Waals surface area contributed by atoms with E-state index in [-0.39, 0.29) is 0 Å². The second-order valence-electron chi connectivity index (χ2n) is 13.6. The van der Waals surface area contributed by atoms with Gasteiger partial charge in [0.2, 0.25) is 0 Å². The number of hydrogen-bond acceptors (Lipinski definition) is 0. The molecule has 0 nitrogen and oxygen atoms in total. The summed E-state index contributed by atoms with van der Waals surface area (Å²) < 4.78 is 0. The first kappa shape index (κ1) is 26.2. The Hall–Kier alpha value is -0.440. The van der Waals surface area contributed by atoms with E-state index in [9.17, 15) is 0 Å². The number of hydrogen-bond donors (Lipinski definition) is 0. The smallest absolute Gasteiger partial charge is 0.0264 e. The highest BCUT2D eigenvalue weighted by atomic mass is 14.6. The highest BCUT2D eigenvalue weighted by Crippen LogP contribution is 2.68. The molecule has 0 heteroatoms. The lowest BCUT2D eigenvalue weighted by atomic mass is 9.44. The fourth-order valence-corrected chi connectivity index (χ4v) is 10.0. The van der Waals surface area contributed by atoms with Crippen LogP contribution in [0.2, 0.25) is 0 Å². The summed E-state index contributed by atoms with van der Waals surface area (Å²) in [5, 5.41) is 0. The molecule has 32 heavy (non-hydrogen) atoms. The summed E-state index contributed by atoms with van der Waals surface area (Å²) in [5.41, 5.74) is 1.36. The zero-order valence-corrected chi connectivity index (χ0v) is 22.7. The van der Waals surface area contributed by atoms with E-state index in [1.807, 2.05) is 0 Å². The van der Waals surface area contributed by atoms with Crippen LogP contribution in [0.4, 0.5) is 0 Å². The van der Waals surface area contributed by atoms with Crippen molar-refractivity contribution in [1.29, 1.82) is 0 Å². The molecular formula is C32H56. The quantitative estimate of drug-likeness (QED) is 0.345. The zero-order valence-electron chi connectivity index (χ0n) is 22.7. The molecular weight excluding hydrogens is 384 g/mol. The zero-order chi connectivity index (χ0) is 23.5. The molecule has 0 spiro atoms. The lowest BCUT2D eigenvalue weighted by molar-refractivity contribution is -0.121. The molecule has 4 fully saturated rings. The fraction of sp³-hybridized carbons (Fsp3) is 0.938. The van der Waals surface area contributed by atoms with Crippen molar-refractivity contribution in [1.82, 2.24) is 0 Å². The van der Waals surface area contributed by atoms with Crippen LogP contribution in [-0.4, -0.2) is 0 Å². The highest BCUT2D eigenvalue weighted by Gasteiger charge is 2.60. The van der Waals surface area contributed by atoms with Gasteiger partial charge in [-0.3, -0.25) is 0 Å². The SMILES string of the molecule is C#C.CCCC1CCC2(C)C(CCC3C2CCC2(C)C(C(C)CCCC(C)C)CCC32)C1. The third-order valence-corrected chi connectivity index (χ3v) is 11.7. The Labute approximate surface area is 202 Å². The van der Waals surface area contributed by atoms with Crippen molar-refractivity contribution < 1.29 is 0 Å². The monoisotopic (exact) mass is 440 g/mol. The minimum absolute atomic E-state index is 0.668. The molecule has 4 aliphatic carbocycles. The van der Waals surface area contributed by atoms with Crippen LogP contribution < -0.4 is 0 Å². The van der Waals surface area contributed by atoms with Gasteiger partial charge in [0.25, 0.3) is 0 Å². The Morgan fingerprint density at radius 3 is 2.19 bits per heavy atom. The highest BCUT2D eigenvalue weighted by molar-refractivity contribution is 5.09. The number of terminal acetylenes is 1. The van der Waals surface area contributed by atoms with Gasteiger partial charge in [0.05, 0.1) is 0 Å². The summed E-state index contributed by atoms with van der Waals surface area (Å²) in [6.45, 7) is 15.3. The molecule has 9 atom stereocenters. The van der Waals surface area contributed by atoms with E-state index in [0.29, 0.717) is 10.8 Å². The standard InChI is InChI=1S/C30H54.C2H2/c1-7-9-23-16-18-29(5)24(20-23)12-13-25-27-15-14-26(22(4)11-8-10-21(2)3)30(27,6)19-17-28(25)29;1-2/h21-28H,7-20H2,1-6H3;1-2H. The summed E-state index contributed by atoms with van der Waals surface area (Å²) in [6.07, 6.45) is 29.3. The van der Waals surface area contributed by atoms with Crippen LogP contribution in [0.15, 0.2) is 0 Å². The third kappa shape index (κ3) is 4.84. The van der Waals surface area contributed by atoms with Crippen molar-refractivity contribution in [3.05, 3.63) is 0 Å². The van der Waals surface area contributed by atoms with E-state index < -0.39 is 0 Å². The van der Waals surface area contributed by atoms with E-state index in [4.69, 9.17) is 0 Å². The average Bonchev–Trinajstić information content (AvgIpc) is 3.12. The van der Waals surface area contributed by atoms with E-state index in [1.165, 1.54) is 32.1 Å². The van der Waals surface area contributed by atoms with Crippen LogP contribution >= 0.6 is 0 Å². The van der Waals surface area contributed by atoms with Gasteiger partial charge in [-0.25, -0.2) is 0 Å². The topological polar surface area (TPSA) is 0 Å². The molecule has 0 aromatic carbocycles. The molecule has 0 aromatic heterocycles. The Bertz CT molecular complexity index is 600. The maximum absolute atomic E-state index is 4.00. The largest absolute Gasteiger partial charge is 0.124 e. The average molecular weight is 441 g/mol. The van der Waals surface area contributed by atoms with E-state index in [2.05, 4.69) is 54.4 Å². The van der Waals surface area contributed by atoms with Crippen molar-refractivity contribution in [3.63, 3.8) is 0 Å². The lowest BCUT2D eigenvalue weighted by Crippen LogP contribution is -2.53. The summed E-state index contributed by atoms with van der Waals surface area (Å²) >= 11 is 0. The molecule has 0 N–H and O–H groups in total. The molecule has 0 saturated heterocycles. The van der Waals surface area contributed by atoms with Gasteiger partial charge in [-0.2, -0.15) is 0 Å². The summed E-state index contributed by atoms with van der Waals surface area (Å²) in [6, 6.07) is 0. The Balaban J connectivity index is 0.00000141. The number of fused-ring (bicyclic) bond motifs is 5. The van der Waals surface area contributed by atoms with Crippen LogP contribution in [0.5, 0.6) is 0 Å². The normalized spacial score (nSPS) is 44.0. The Kier molecular flexibility index (Phi) is 8.89. The summed E-state index contributed by atoms with van der Waals surface area (Å²) in [5.74, 6) is 8.14. The molecule has 0 aromatic rings. The van der Waals surface area contributed by atoms with Crippen LogP contribution in [0.1, 0.15) is 131 Å². The molecule has 4 rings (SSSR count). The second kappa shape index (κ2) is 10.9. The van der Waals surface area contributed by atoms with Crippen LogP contribution in [0, 0.1) is 71.0 Å². The van der Waals surface area contributed by atoms with Crippen LogP contribution in [0.25, 0.3) is 0 Å². The lowest BCUT2D eigenvalue weighted by Gasteiger charge is -2.61. The van der Waals surface area contributed by atoms with Gasteiger partial charge in [0.15, 0.2) is 0 Å². The minimum Gasteiger partial charge on any atom is -0.124 e. The Morgan fingerprint density at radius 1 is 0.812 bits per heavy atom. The van der Waals surface area contributed by atoms with Gasteiger partial charge >= 0.3 is 0 Å². The first-order valence-electron chi connectivity index (χ1n) is 14.6. The second-order valence-corrected chi connectivity index (χ2v) is 13.6. The molecule has 4 saturated carbocycles. The van der Waals surface area contributed by atoms with E-state index in [0.717, 1.165) is 47.3 Å². The summed E-state index contributed by atoms with van der Waals surface area (Å²) in [4.78, 5) is 0. The first-order valence-corrected chi connectivity index (χ1v) is 14.6. The molecule has 184 valence electrons. The maximum Gasteiger partial charge on any atom is -0.0264 e. The molecule has 0 bridgehead atoms. The predicted molar refractivity (Wildman–Crippen MR) is 141 cm³/mol. The van der Waals surface area contributed by atoms with Crippen molar-refractivity contribution in [2.75, 3.05) is 0 Å². The van der Waals surface area contributed by atoms with Crippen molar-refractivity contribution in [2.45, 2.75) is 131 Å². The molecule has 0 aliphatic heterocycles. The molecule has 0 heterocycles.